The smallest absolute Gasteiger partial charge is 0.340 e. The summed E-state index contributed by atoms with van der Waals surface area (Å²) in [6, 6.07) is 10.9. The van der Waals surface area contributed by atoms with Crippen molar-refractivity contribution >= 4 is 41.1 Å². The van der Waals surface area contributed by atoms with Gasteiger partial charge in [0.25, 0.3) is 0 Å². The molecule has 6 heteroatoms. The second kappa shape index (κ2) is 7.33. The van der Waals surface area contributed by atoms with Gasteiger partial charge in [-0.15, -0.1) is 11.8 Å². The molecule has 3 aromatic rings. The van der Waals surface area contributed by atoms with Crippen LogP contribution in [0.15, 0.2) is 47.5 Å². The van der Waals surface area contributed by atoms with Gasteiger partial charge in [0, 0.05) is 21.7 Å². The molecule has 1 aromatic carbocycles. The molecule has 0 amide bonds. The summed E-state index contributed by atoms with van der Waals surface area (Å²) in [4.78, 5) is 25.5. The molecule has 3 rings (SSSR count). The van der Waals surface area contributed by atoms with Crippen molar-refractivity contribution in [2.24, 2.45) is 0 Å². The van der Waals surface area contributed by atoms with E-state index < -0.39 is 5.97 Å². The quantitative estimate of drug-likeness (QED) is 0.360. The van der Waals surface area contributed by atoms with E-state index in [9.17, 15) is 9.59 Å². The minimum atomic E-state index is -0.457. The van der Waals surface area contributed by atoms with Crippen molar-refractivity contribution in [1.82, 2.24) is 4.40 Å². The highest BCUT2D eigenvalue weighted by molar-refractivity contribution is 7.98. The van der Waals surface area contributed by atoms with Gasteiger partial charge in [-0.2, -0.15) is 0 Å². The summed E-state index contributed by atoms with van der Waals surface area (Å²) in [5.41, 5.74) is 2.70. The molecule has 0 aliphatic carbocycles. The molecular weight excluding hydrogens is 358 g/mol. The number of carbonyl (C=O) groups excluding carboxylic acids is 2. The first-order valence-corrected chi connectivity index (χ1v) is 9.31. The molecule has 0 atom stereocenters. The normalized spacial score (nSPS) is 10.8. The number of aromatic nitrogens is 1. The second-order valence-electron chi connectivity index (χ2n) is 5.27. The molecule has 0 radical (unpaired) electrons. The van der Waals surface area contributed by atoms with Crippen LogP contribution in [0.5, 0.6) is 0 Å². The summed E-state index contributed by atoms with van der Waals surface area (Å²) in [7, 11) is 0. The summed E-state index contributed by atoms with van der Waals surface area (Å²) in [6.07, 6.45) is 4.46. The van der Waals surface area contributed by atoms with E-state index in [4.69, 9.17) is 16.3 Å². The molecule has 0 fully saturated rings. The Morgan fingerprint density at radius 3 is 2.80 bits per heavy atom. The first-order chi connectivity index (χ1) is 12.1. The van der Waals surface area contributed by atoms with Crippen LogP contribution >= 0.6 is 23.4 Å². The molecule has 0 aliphatic rings. The molecule has 0 aliphatic heterocycles. The van der Waals surface area contributed by atoms with Crippen LogP contribution in [0.3, 0.4) is 0 Å². The van der Waals surface area contributed by atoms with Crippen molar-refractivity contribution in [3.63, 3.8) is 0 Å². The van der Waals surface area contributed by atoms with Gasteiger partial charge in [-0.3, -0.25) is 4.79 Å². The van der Waals surface area contributed by atoms with Crippen molar-refractivity contribution in [3.8, 4) is 11.1 Å². The van der Waals surface area contributed by atoms with E-state index in [1.807, 2.05) is 24.5 Å². The number of ether oxygens (including phenoxy) is 1. The summed E-state index contributed by atoms with van der Waals surface area (Å²) < 4.78 is 6.96. The molecule has 0 bridgehead atoms. The maximum absolute atomic E-state index is 12.7. The molecule has 0 unspecified atom stereocenters. The Kier molecular flexibility index (Phi) is 5.16. The van der Waals surface area contributed by atoms with Crippen LogP contribution in [-0.2, 0) is 4.74 Å². The fourth-order valence-electron chi connectivity index (χ4n) is 2.91. The zero-order valence-corrected chi connectivity index (χ0v) is 15.4. The van der Waals surface area contributed by atoms with E-state index in [2.05, 4.69) is 0 Å². The zero-order valence-electron chi connectivity index (χ0n) is 13.8. The van der Waals surface area contributed by atoms with Crippen LogP contribution in [0.2, 0.25) is 5.02 Å². The van der Waals surface area contributed by atoms with E-state index in [1.165, 1.54) is 11.8 Å². The van der Waals surface area contributed by atoms with Crippen LogP contribution in [0.4, 0.5) is 0 Å². The Hall–Kier alpha value is -2.24. The zero-order chi connectivity index (χ0) is 18.0. The minimum absolute atomic E-state index is 0.254. The topological polar surface area (TPSA) is 47.8 Å². The van der Waals surface area contributed by atoms with Crippen LogP contribution < -0.4 is 0 Å². The molecule has 0 saturated heterocycles. The highest BCUT2D eigenvalue weighted by atomic mass is 35.5. The summed E-state index contributed by atoms with van der Waals surface area (Å²) in [5.74, 6) is -0.457. The maximum Gasteiger partial charge on any atom is 0.340 e. The van der Waals surface area contributed by atoms with Gasteiger partial charge in [0.05, 0.1) is 23.4 Å². The fourth-order valence-corrected chi connectivity index (χ4v) is 3.66. The van der Waals surface area contributed by atoms with Gasteiger partial charge in [-0.05, 0) is 49.1 Å². The highest BCUT2D eigenvalue weighted by Gasteiger charge is 2.26. The van der Waals surface area contributed by atoms with Crippen molar-refractivity contribution in [2.45, 2.75) is 11.8 Å². The summed E-state index contributed by atoms with van der Waals surface area (Å²) >= 11 is 7.72. The first-order valence-electron chi connectivity index (χ1n) is 7.71. The lowest BCUT2D eigenvalue weighted by atomic mass is 10.0. The Balaban J connectivity index is 2.45. The van der Waals surface area contributed by atoms with Gasteiger partial charge < -0.3 is 9.14 Å². The minimum Gasteiger partial charge on any atom is -0.462 e. The molecule has 0 N–H and O–H groups in total. The van der Waals surface area contributed by atoms with E-state index >= 15 is 0 Å². The van der Waals surface area contributed by atoms with Crippen LogP contribution in [0, 0.1) is 0 Å². The van der Waals surface area contributed by atoms with Crippen LogP contribution in [0.25, 0.3) is 16.6 Å². The summed E-state index contributed by atoms with van der Waals surface area (Å²) in [5, 5.41) is 0.537. The lowest BCUT2D eigenvalue weighted by Gasteiger charge is -2.10. The van der Waals surface area contributed by atoms with Crippen LogP contribution in [0.1, 0.15) is 27.8 Å². The molecule has 25 heavy (non-hydrogen) atoms. The molecular formula is C19H16ClNO3S. The number of esters is 1. The van der Waals surface area contributed by atoms with E-state index in [0.717, 1.165) is 16.7 Å². The third-order valence-corrected chi connectivity index (χ3v) is 4.93. The average Bonchev–Trinajstić information content (AvgIpc) is 2.96. The molecule has 128 valence electrons. The van der Waals surface area contributed by atoms with Crippen molar-refractivity contribution in [3.05, 3.63) is 58.9 Å². The number of nitrogens with zero attached hydrogens (tertiary/aromatic N) is 1. The Morgan fingerprint density at radius 1 is 1.32 bits per heavy atom. The lowest BCUT2D eigenvalue weighted by Crippen LogP contribution is -2.06. The van der Waals surface area contributed by atoms with E-state index in [0.29, 0.717) is 27.4 Å². The molecule has 4 nitrogen and oxygen atoms in total. The van der Waals surface area contributed by atoms with Gasteiger partial charge in [-0.25, -0.2) is 4.79 Å². The standard InChI is InChI=1S/C19H16ClNO3S/c1-3-24-19(23)18-14-6-4-5-9-21(14)15(11-22)17(18)13-10-12(20)7-8-16(13)25-2/h4-11H,3H2,1-2H3. The predicted molar refractivity (Wildman–Crippen MR) is 101 cm³/mol. The summed E-state index contributed by atoms with van der Waals surface area (Å²) in [6.45, 7) is 2.01. The number of pyridine rings is 1. The number of halogens is 1. The predicted octanol–water partition coefficient (Wildman–Crippen LogP) is 4.97. The Bertz CT molecular complexity index is 965. The number of hydrogen-bond acceptors (Lipinski definition) is 4. The van der Waals surface area contributed by atoms with Gasteiger partial charge in [0.1, 0.15) is 0 Å². The van der Waals surface area contributed by atoms with Crippen molar-refractivity contribution < 1.29 is 14.3 Å². The third-order valence-electron chi connectivity index (χ3n) is 3.90. The van der Waals surface area contributed by atoms with Gasteiger partial charge in [-0.1, -0.05) is 17.7 Å². The molecule has 2 heterocycles. The third kappa shape index (κ3) is 3.05. The van der Waals surface area contributed by atoms with Gasteiger partial charge >= 0.3 is 5.97 Å². The fraction of sp³-hybridized carbons (Fsp3) is 0.158. The number of benzene rings is 1. The largest absolute Gasteiger partial charge is 0.462 e. The molecule has 0 spiro atoms. The van der Waals surface area contributed by atoms with Crippen LogP contribution in [-0.4, -0.2) is 29.5 Å². The Labute approximate surface area is 154 Å². The first kappa shape index (κ1) is 17.6. The van der Waals surface area contributed by atoms with Gasteiger partial charge in [0.2, 0.25) is 0 Å². The second-order valence-corrected chi connectivity index (χ2v) is 6.56. The number of carbonyl (C=O) groups is 2. The highest BCUT2D eigenvalue weighted by Crippen LogP contribution is 2.39. The molecule has 2 aromatic heterocycles. The average molecular weight is 374 g/mol. The monoisotopic (exact) mass is 373 g/mol. The Morgan fingerprint density at radius 2 is 2.12 bits per heavy atom. The number of thioether (sulfide) groups is 1. The molecule has 0 saturated carbocycles. The number of hydrogen-bond donors (Lipinski definition) is 0. The number of fused-ring (bicyclic) bond motifs is 1. The van der Waals surface area contributed by atoms with E-state index in [1.54, 1.807) is 35.7 Å². The lowest BCUT2D eigenvalue weighted by molar-refractivity contribution is 0.0529. The van der Waals surface area contributed by atoms with E-state index in [-0.39, 0.29) is 6.61 Å². The maximum atomic E-state index is 12.7. The SMILES string of the molecule is CCOC(=O)c1c(-c2cc(Cl)ccc2SC)c(C=O)n2ccccc12. The number of rotatable bonds is 5. The van der Waals surface area contributed by atoms with Crippen molar-refractivity contribution in [1.29, 1.82) is 0 Å². The van der Waals surface area contributed by atoms with Gasteiger partial charge in [0.15, 0.2) is 6.29 Å². The number of aldehydes is 1. The van der Waals surface area contributed by atoms with Crippen molar-refractivity contribution in [2.75, 3.05) is 12.9 Å².